The molecule has 1 amide bonds. The molecule has 5 heteroatoms. The fourth-order valence-electron chi connectivity index (χ4n) is 4.41. The van der Waals surface area contributed by atoms with Crippen LogP contribution in [0.25, 0.3) is 11.4 Å². The smallest absolute Gasteiger partial charge is 0.227 e. The summed E-state index contributed by atoms with van der Waals surface area (Å²) in [4.78, 5) is 20.1. The molecule has 2 aliphatic carbocycles. The number of fused-ring (bicyclic) bond motifs is 2. The third-order valence-corrected chi connectivity index (χ3v) is 5.69. The lowest BCUT2D eigenvalue weighted by molar-refractivity contribution is -0.122. The van der Waals surface area contributed by atoms with Crippen molar-refractivity contribution in [3.8, 4) is 11.4 Å². The highest BCUT2D eigenvalue weighted by atomic mass is 16.1. The summed E-state index contributed by atoms with van der Waals surface area (Å²) in [6.45, 7) is 0. The Morgan fingerprint density at radius 2 is 2.04 bits per heavy atom. The summed E-state index contributed by atoms with van der Waals surface area (Å²) in [6.07, 6.45) is 9.01. The number of nitrogens with two attached hydrogens (primary N) is 1. The molecule has 1 heterocycles. The van der Waals surface area contributed by atoms with Crippen molar-refractivity contribution in [2.75, 3.05) is 5.32 Å². The van der Waals surface area contributed by atoms with Gasteiger partial charge in [0, 0.05) is 35.6 Å². The number of nitrogens with one attached hydrogen (secondary N) is 2. The molecule has 2 aliphatic rings. The summed E-state index contributed by atoms with van der Waals surface area (Å²) in [5, 5.41) is 3.10. The van der Waals surface area contributed by atoms with Crippen LogP contribution in [-0.2, 0) is 4.79 Å². The Bertz CT molecular complexity index is 698. The lowest BCUT2D eigenvalue weighted by atomic mass is 9.65. The lowest BCUT2D eigenvalue weighted by Gasteiger charge is -2.43. The average Bonchev–Trinajstić information content (AvgIpc) is 3.09. The van der Waals surface area contributed by atoms with Gasteiger partial charge in [-0.3, -0.25) is 4.79 Å². The molecular formula is C19H24N4O. The molecule has 2 bridgehead atoms. The molecule has 1 aromatic carbocycles. The number of H-pyrrole nitrogens is 1. The first kappa shape index (κ1) is 15.4. The van der Waals surface area contributed by atoms with Crippen molar-refractivity contribution in [2.24, 2.45) is 23.5 Å². The SMILES string of the molecule is NC1C2CCCC1CC(C(=O)Nc1cccc(-c3ncc[nH]3)c1)C2. The number of aromatic nitrogens is 2. The number of hydrogen-bond donors (Lipinski definition) is 3. The van der Waals surface area contributed by atoms with Gasteiger partial charge in [0.15, 0.2) is 0 Å². The van der Waals surface area contributed by atoms with Gasteiger partial charge in [0.2, 0.25) is 5.91 Å². The van der Waals surface area contributed by atoms with Gasteiger partial charge < -0.3 is 16.0 Å². The number of aromatic amines is 1. The highest BCUT2D eigenvalue weighted by Crippen LogP contribution is 2.42. The van der Waals surface area contributed by atoms with Gasteiger partial charge in [-0.1, -0.05) is 18.6 Å². The highest BCUT2D eigenvalue weighted by Gasteiger charge is 2.40. The van der Waals surface area contributed by atoms with E-state index < -0.39 is 0 Å². The fourth-order valence-corrected chi connectivity index (χ4v) is 4.41. The van der Waals surface area contributed by atoms with Crippen LogP contribution in [0.5, 0.6) is 0 Å². The quantitative estimate of drug-likeness (QED) is 0.811. The molecule has 0 radical (unpaired) electrons. The molecule has 4 N–H and O–H groups in total. The molecule has 0 saturated heterocycles. The van der Waals surface area contributed by atoms with Crippen molar-refractivity contribution >= 4 is 11.6 Å². The van der Waals surface area contributed by atoms with E-state index in [1.807, 2.05) is 24.3 Å². The number of hydrogen-bond acceptors (Lipinski definition) is 3. The van der Waals surface area contributed by atoms with E-state index in [4.69, 9.17) is 5.73 Å². The van der Waals surface area contributed by atoms with Crippen molar-refractivity contribution < 1.29 is 4.79 Å². The zero-order valence-corrected chi connectivity index (χ0v) is 13.7. The largest absolute Gasteiger partial charge is 0.345 e. The summed E-state index contributed by atoms with van der Waals surface area (Å²) >= 11 is 0. The monoisotopic (exact) mass is 324 g/mol. The molecule has 2 fully saturated rings. The summed E-state index contributed by atoms with van der Waals surface area (Å²) in [6, 6.07) is 8.12. The molecule has 0 spiro atoms. The second-order valence-electron chi connectivity index (χ2n) is 7.20. The van der Waals surface area contributed by atoms with Gasteiger partial charge in [-0.25, -0.2) is 4.98 Å². The minimum atomic E-state index is 0.0902. The predicted octanol–water partition coefficient (Wildman–Crippen LogP) is 3.17. The van der Waals surface area contributed by atoms with E-state index in [0.717, 1.165) is 29.9 Å². The van der Waals surface area contributed by atoms with Crippen LogP contribution in [0.4, 0.5) is 5.69 Å². The number of anilines is 1. The summed E-state index contributed by atoms with van der Waals surface area (Å²) in [7, 11) is 0. The van der Waals surface area contributed by atoms with Crippen molar-refractivity contribution in [1.82, 2.24) is 9.97 Å². The number of nitrogens with zero attached hydrogens (tertiary/aromatic N) is 1. The van der Waals surface area contributed by atoms with Gasteiger partial charge in [-0.2, -0.15) is 0 Å². The minimum absolute atomic E-state index is 0.0902. The van der Waals surface area contributed by atoms with Crippen molar-refractivity contribution in [3.05, 3.63) is 36.7 Å². The van der Waals surface area contributed by atoms with E-state index in [-0.39, 0.29) is 11.8 Å². The molecule has 0 aliphatic heterocycles. The number of carbonyl (C=O) groups is 1. The normalized spacial score (nSPS) is 29.2. The van der Waals surface area contributed by atoms with Gasteiger partial charge in [0.25, 0.3) is 0 Å². The number of amides is 1. The van der Waals surface area contributed by atoms with E-state index in [1.54, 1.807) is 12.4 Å². The predicted molar refractivity (Wildman–Crippen MR) is 94.2 cm³/mol. The topological polar surface area (TPSA) is 83.8 Å². The molecule has 5 nitrogen and oxygen atoms in total. The molecule has 2 aromatic rings. The second-order valence-corrected chi connectivity index (χ2v) is 7.20. The third-order valence-electron chi connectivity index (χ3n) is 5.69. The number of rotatable bonds is 3. The zero-order valence-electron chi connectivity index (χ0n) is 13.7. The maximum Gasteiger partial charge on any atom is 0.227 e. The van der Waals surface area contributed by atoms with Crippen molar-refractivity contribution in [1.29, 1.82) is 0 Å². The Morgan fingerprint density at radius 3 is 2.75 bits per heavy atom. The third kappa shape index (κ3) is 2.96. The number of benzene rings is 1. The molecular weight excluding hydrogens is 300 g/mol. The van der Waals surface area contributed by atoms with Crippen LogP contribution in [0, 0.1) is 17.8 Å². The Kier molecular flexibility index (Phi) is 4.10. The zero-order chi connectivity index (χ0) is 16.5. The maximum absolute atomic E-state index is 12.7. The van der Waals surface area contributed by atoms with Crippen LogP contribution in [0.3, 0.4) is 0 Å². The summed E-state index contributed by atoms with van der Waals surface area (Å²) in [5.41, 5.74) is 8.13. The molecule has 2 unspecified atom stereocenters. The van der Waals surface area contributed by atoms with Crippen LogP contribution in [-0.4, -0.2) is 21.9 Å². The molecule has 126 valence electrons. The average molecular weight is 324 g/mol. The molecule has 2 saturated carbocycles. The van der Waals surface area contributed by atoms with E-state index in [1.165, 1.54) is 19.3 Å². The van der Waals surface area contributed by atoms with Crippen molar-refractivity contribution in [3.63, 3.8) is 0 Å². The first-order chi connectivity index (χ1) is 11.7. The van der Waals surface area contributed by atoms with Gasteiger partial charge in [-0.05, 0) is 49.7 Å². The van der Waals surface area contributed by atoms with Crippen molar-refractivity contribution in [2.45, 2.75) is 38.1 Å². The van der Waals surface area contributed by atoms with Crippen LogP contribution in [0.15, 0.2) is 36.7 Å². The lowest BCUT2D eigenvalue weighted by Crippen LogP contribution is -2.48. The van der Waals surface area contributed by atoms with Gasteiger partial charge in [0.05, 0.1) is 0 Å². The second kappa shape index (κ2) is 6.40. The fraction of sp³-hybridized carbons (Fsp3) is 0.474. The van der Waals surface area contributed by atoms with Crippen LogP contribution >= 0.6 is 0 Å². The van der Waals surface area contributed by atoms with Crippen LogP contribution in [0.1, 0.15) is 32.1 Å². The van der Waals surface area contributed by atoms with Gasteiger partial charge in [-0.15, -0.1) is 0 Å². The Hall–Kier alpha value is -2.14. The van der Waals surface area contributed by atoms with E-state index in [2.05, 4.69) is 15.3 Å². The summed E-state index contributed by atoms with van der Waals surface area (Å²) in [5.74, 6) is 2.07. The summed E-state index contributed by atoms with van der Waals surface area (Å²) < 4.78 is 0. The maximum atomic E-state index is 12.7. The highest BCUT2D eigenvalue weighted by molar-refractivity contribution is 5.93. The number of imidazole rings is 1. The molecule has 2 atom stereocenters. The Labute approximate surface area is 142 Å². The Balaban J connectivity index is 1.46. The van der Waals surface area contributed by atoms with E-state index >= 15 is 0 Å². The first-order valence-electron chi connectivity index (χ1n) is 8.87. The van der Waals surface area contributed by atoms with Crippen LogP contribution in [0.2, 0.25) is 0 Å². The van der Waals surface area contributed by atoms with E-state index in [0.29, 0.717) is 17.9 Å². The number of carbonyl (C=O) groups excluding carboxylic acids is 1. The van der Waals surface area contributed by atoms with Gasteiger partial charge in [0.1, 0.15) is 5.82 Å². The molecule has 1 aromatic heterocycles. The molecule has 4 rings (SSSR count). The molecule has 24 heavy (non-hydrogen) atoms. The Morgan fingerprint density at radius 1 is 1.25 bits per heavy atom. The van der Waals surface area contributed by atoms with E-state index in [9.17, 15) is 4.79 Å². The first-order valence-corrected chi connectivity index (χ1v) is 8.87. The van der Waals surface area contributed by atoms with Crippen LogP contribution < -0.4 is 11.1 Å². The van der Waals surface area contributed by atoms with Gasteiger partial charge >= 0.3 is 0 Å². The standard InChI is InChI=1S/C19H24N4O/c20-17-12-3-1-4-13(17)10-15(9-12)19(24)23-16-6-2-5-14(11-16)18-21-7-8-22-18/h2,5-8,11-13,15,17H,1,3-4,9-10,20H2,(H,21,22)(H,23,24). The minimum Gasteiger partial charge on any atom is -0.345 e.